The number of hydrogen-bond donors (Lipinski definition) is 2. The standard InChI is InChI=1S/C19H21ClFN3O3/c1-19(2,3)27-18(26)24-10-13-6-4-12(5-7-13)9-23-17(25)15-8-14(21)11-22-16(15)20/h4-8,11H,9-10H2,1-3H3,(H,23,25)(H,24,26). The largest absolute Gasteiger partial charge is 0.444 e. The second-order valence-electron chi connectivity index (χ2n) is 6.85. The topological polar surface area (TPSA) is 80.3 Å². The number of ether oxygens (including phenoxy) is 1. The number of halogens is 2. The Hall–Kier alpha value is -2.67. The van der Waals surface area contributed by atoms with Crippen LogP contribution in [0.2, 0.25) is 5.15 Å². The maximum Gasteiger partial charge on any atom is 0.407 e. The molecule has 6 nitrogen and oxygen atoms in total. The van der Waals surface area contributed by atoms with E-state index in [4.69, 9.17) is 16.3 Å². The first-order chi connectivity index (χ1) is 12.6. The maximum absolute atomic E-state index is 13.2. The molecule has 0 aliphatic carbocycles. The van der Waals surface area contributed by atoms with Crippen molar-refractivity contribution in [3.63, 3.8) is 0 Å². The van der Waals surface area contributed by atoms with Crippen LogP contribution in [0.1, 0.15) is 42.3 Å². The van der Waals surface area contributed by atoms with Crippen molar-refractivity contribution in [2.24, 2.45) is 0 Å². The molecule has 0 saturated carbocycles. The molecule has 0 aliphatic heterocycles. The van der Waals surface area contributed by atoms with Crippen LogP contribution in [-0.2, 0) is 17.8 Å². The number of nitrogens with one attached hydrogen (secondary N) is 2. The fourth-order valence-electron chi connectivity index (χ4n) is 2.12. The van der Waals surface area contributed by atoms with Crippen molar-refractivity contribution < 1.29 is 18.7 Å². The van der Waals surface area contributed by atoms with E-state index in [1.165, 1.54) is 0 Å². The lowest BCUT2D eigenvalue weighted by Gasteiger charge is -2.19. The SMILES string of the molecule is CC(C)(C)OC(=O)NCc1ccc(CNC(=O)c2cc(F)cnc2Cl)cc1. The van der Waals surface area contributed by atoms with Crippen LogP contribution in [0.25, 0.3) is 0 Å². The van der Waals surface area contributed by atoms with Crippen LogP contribution in [0.5, 0.6) is 0 Å². The Balaban J connectivity index is 1.86. The van der Waals surface area contributed by atoms with Gasteiger partial charge in [-0.3, -0.25) is 4.79 Å². The Morgan fingerprint density at radius 3 is 2.22 bits per heavy atom. The minimum absolute atomic E-state index is 0.0187. The van der Waals surface area contributed by atoms with Crippen molar-refractivity contribution in [2.75, 3.05) is 0 Å². The van der Waals surface area contributed by atoms with Crippen molar-refractivity contribution in [1.29, 1.82) is 0 Å². The van der Waals surface area contributed by atoms with Gasteiger partial charge >= 0.3 is 6.09 Å². The van der Waals surface area contributed by atoms with Gasteiger partial charge in [0, 0.05) is 13.1 Å². The quantitative estimate of drug-likeness (QED) is 0.756. The zero-order chi connectivity index (χ0) is 20.0. The molecule has 0 aliphatic rings. The van der Waals surface area contributed by atoms with Crippen molar-refractivity contribution in [3.05, 3.63) is 64.2 Å². The van der Waals surface area contributed by atoms with Crippen LogP contribution >= 0.6 is 11.6 Å². The van der Waals surface area contributed by atoms with Crippen LogP contribution in [0.15, 0.2) is 36.5 Å². The molecule has 1 aromatic heterocycles. The van der Waals surface area contributed by atoms with E-state index in [1.807, 2.05) is 24.3 Å². The van der Waals surface area contributed by atoms with Gasteiger partial charge in [-0.15, -0.1) is 0 Å². The highest BCUT2D eigenvalue weighted by atomic mass is 35.5. The van der Waals surface area contributed by atoms with Gasteiger partial charge < -0.3 is 15.4 Å². The van der Waals surface area contributed by atoms with Gasteiger partial charge in [0.05, 0.1) is 11.8 Å². The summed E-state index contributed by atoms with van der Waals surface area (Å²) in [4.78, 5) is 27.3. The number of aromatic nitrogens is 1. The van der Waals surface area contributed by atoms with Crippen LogP contribution in [0, 0.1) is 5.82 Å². The molecule has 2 amide bonds. The molecule has 0 saturated heterocycles. The Morgan fingerprint density at radius 1 is 1.11 bits per heavy atom. The molecule has 27 heavy (non-hydrogen) atoms. The third-order valence-electron chi connectivity index (χ3n) is 3.36. The van der Waals surface area contributed by atoms with Crippen molar-refractivity contribution >= 4 is 23.6 Å². The van der Waals surface area contributed by atoms with Gasteiger partial charge in [-0.1, -0.05) is 35.9 Å². The van der Waals surface area contributed by atoms with Gasteiger partial charge in [-0.25, -0.2) is 14.2 Å². The van der Waals surface area contributed by atoms with Gasteiger partial charge in [0.2, 0.25) is 0 Å². The smallest absolute Gasteiger partial charge is 0.407 e. The van der Waals surface area contributed by atoms with E-state index >= 15 is 0 Å². The van der Waals surface area contributed by atoms with Crippen molar-refractivity contribution in [1.82, 2.24) is 15.6 Å². The molecule has 0 unspecified atom stereocenters. The van der Waals surface area contributed by atoms with Crippen molar-refractivity contribution in [2.45, 2.75) is 39.5 Å². The summed E-state index contributed by atoms with van der Waals surface area (Å²) in [6.45, 7) is 5.95. The second-order valence-corrected chi connectivity index (χ2v) is 7.20. The first kappa shape index (κ1) is 20.6. The molecule has 144 valence electrons. The number of nitrogens with zero attached hydrogens (tertiary/aromatic N) is 1. The minimum atomic E-state index is -0.633. The number of rotatable bonds is 5. The Morgan fingerprint density at radius 2 is 1.67 bits per heavy atom. The van der Waals surface area contributed by atoms with E-state index < -0.39 is 23.4 Å². The highest BCUT2D eigenvalue weighted by Crippen LogP contribution is 2.14. The van der Waals surface area contributed by atoms with E-state index in [0.717, 1.165) is 23.4 Å². The molecule has 1 heterocycles. The number of carbonyl (C=O) groups is 2. The van der Waals surface area contributed by atoms with E-state index in [1.54, 1.807) is 20.8 Å². The number of pyridine rings is 1. The van der Waals surface area contributed by atoms with Crippen molar-refractivity contribution in [3.8, 4) is 0 Å². The third kappa shape index (κ3) is 6.86. The predicted octanol–water partition coefficient (Wildman–Crippen LogP) is 3.83. The summed E-state index contributed by atoms with van der Waals surface area (Å²) < 4.78 is 18.4. The van der Waals surface area contributed by atoms with Gasteiger partial charge in [-0.2, -0.15) is 0 Å². The number of carbonyl (C=O) groups excluding carboxylic acids is 2. The number of hydrogen-bond acceptors (Lipinski definition) is 4. The van der Waals surface area contributed by atoms with Crippen LogP contribution in [-0.4, -0.2) is 22.6 Å². The van der Waals surface area contributed by atoms with Crippen LogP contribution in [0.4, 0.5) is 9.18 Å². The van der Waals surface area contributed by atoms with E-state index in [0.29, 0.717) is 6.54 Å². The molecular formula is C19H21ClFN3O3. The molecule has 0 atom stereocenters. The first-order valence-corrected chi connectivity index (χ1v) is 8.66. The molecule has 0 radical (unpaired) electrons. The lowest BCUT2D eigenvalue weighted by Crippen LogP contribution is -2.32. The molecule has 8 heteroatoms. The number of alkyl carbamates (subject to hydrolysis) is 1. The number of amides is 2. The average Bonchev–Trinajstić information content (AvgIpc) is 2.59. The van der Waals surface area contributed by atoms with Gasteiger partial charge in [0.25, 0.3) is 5.91 Å². The monoisotopic (exact) mass is 393 g/mol. The fourth-order valence-corrected chi connectivity index (χ4v) is 2.31. The molecule has 0 spiro atoms. The predicted molar refractivity (Wildman–Crippen MR) is 99.9 cm³/mol. The molecule has 1 aromatic carbocycles. The summed E-state index contributed by atoms with van der Waals surface area (Å²) >= 11 is 5.81. The van der Waals surface area contributed by atoms with E-state index in [2.05, 4.69) is 15.6 Å². The molecule has 2 N–H and O–H groups in total. The second kappa shape index (κ2) is 8.81. The summed E-state index contributed by atoms with van der Waals surface area (Å²) in [5, 5.41) is 5.27. The first-order valence-electron chi connectivity index (χ1n) is 8.28. The molecule has 0 fully saturated rings. The summed E-state index contributed by atoms with van der Waals surface area (Å²) in [6.07, 6.45) is 0.461. The van der Waals surface area contributed by atoms with Crippen LogP contribution < -0.4 is 10.6 Å². The van der Waals surface area contributed by atoms with Gasteiger partial charge in [0.1, 0.15) is 16.6 Å². The third-order valence-corrected chi connectivity index (χ3v) is 3.66. The highest BCUT2D eigenvalue weighted by molar-refractivity contribution is 6.32. The van der Waals surface area contributed by atoms with Gasteiger partial charge in [-0.05, 0) is 38.0 Å². The fraction of sp³-hybridized carbons (Fsp3) is 0.316. The lowest BCUT2D eigenvalue weighted by atomic mass is 10.1. The molecular weight excluding hydrogens is 373 g/mol. The Labute approximate surface area is 162 Å². The number of benzene rings is 1. The molecule has 2 rings (SSSR count). The Bertz CT molecular complexity index is 820. The van der Waals surface area contributed by atoms with E-state index in [9.17, 15) is 14.0 Å². The zero-order valence-corrected chi connectivity index (χ0v) is 16.1. The average molecular weight is 394 g/mol. The summed E-state index contributed by atoms with van der Waals surface area (Å²) in [7, 11) is 0. The normalized spacial score (nSPS) is 11.0. The summed E-state index contributed by atoms with van der Waals surface area (Å²) in [6, 6.07) is 8.33. The summed E-state index contributed by atoms with van der Waals surface area (Å²) in [5.41, 5.74) is 1.15. The van der Waals surface area contributed by atoms with Crippen LogP contribution in [0.3, 0.4) is 0 Å². The summed E-state index contributed by atoms with van der Waals surface area (Å²) in [5.74, 6) is -1.14. The van der Waals surface area contributed by atoms with Gasteiger partial charge in [0.15, 0.2) is 0 Å². The molecule has 2 aromatic rings. The Kier molecular flexibility index (Phi) is 6.74. The lowest BCUT2D eigenvalue weighted by molar-refractivity contribution is 0.0523. The zero-order valence-electron chi connectivity index (χ0n) is 15.3. The minimum Gasteiger partial charge on any atom is -0.444 e. The maximum atomic E-state index is 13.2. The molecule has 0 bridgehead atoms. The highest BCUT2D eigenvalue weighted by Gasteiger charge is 2.15. The van der Waals surface area contributed by atoms with E-state index in [-0.39, 0.29) is 17.3 Å².